The van der Waals surface area contributed by atoms with E-state index < -0.39 is 0 Å². The van der Waals surface area contributed by atoms with Crippen LogP contribution in [0.15, 0.2) is 15.7 Å². The van der Waals surface area contributed by atoms with Gasteiger partial charge in [-0.2, -0.15) is 11.8 Å². The van der Waals surface area contributed by atoms with Gasteiger partial charge in [0.05, 0.1) is 0 Å². The predicted octanol–water partition coefficient (Wildman–Crippen LogP) is 1.24. The van der Waals surface area contributed by atoms with E-state index in [1.54, 1.807) is 17.7 Å². The van der Waals surface area contributed by atoms with Gasteiger partial charge in [0.25, 0.3) is 5.56 Å². The minimum atomic E-state index is -0.262. The van der Waals surface area contributed by atoms with Crippen molar-refractivity contribution in [1.29, 1.82) is 0 Å². The van der Waals surface area contributed by atoms with Gasteiger partial charge in [-0.25, -0.2) is 4.79 Å². The number of hydrogen-bond donors (Lipinski definition) is 1. The second kappa shape index (κ2) is 7.31. The molecule has 1 heterocycles. The minimum Gasteiger partial charge on any atom is -0.307 e. The van der Waals surface area contributed by atoms with Gasteiger partial charge in [-0.05, 0) is 18.6 Å². The Labute approximate surface area is 129 Å². The van der Waals surface area contributed by atoms with Crippen molar-refractivity contribution >= 4 is 11.8 Å². The summed E-state index contributed by atoms with van der Waals surface area (Å²) in [6.07, 6.45) is 5.00. The number of hydrogen-bond acceptors (Lipinski definition) is 4. The first-order chi connectivity index (χ1) is 10.0. The van der Waals surface area contributed by atoms with Crippen molar-refractivity contribution in [3.05, 3.63) is 32.6 Å². The van der Waals surface area contributed by atoms with E-state index in [1.807, 2.05) is 11.8 Å². The van der Waals surface area contributed by atoms with Crippen LogP contribution in [0.4, 0.5) is 0 Å². The van der Waals surface area contributed by atoms with Crippen molar-refractivity contribution in [1.82, 2.24) is 14.5 Å². The fourth-order valence-corrected chi connectivity index (χ4v) is 4.15. The number of aromatic nitrogens is 2. The predicted molar refractivity (Wildman–Crippen MR) is 87.9 cm³/mol. The van der Waals surface area contributed by atoms with E-state index in [-0.39, 0.29) is 11.2 Å². The molecule has 0 saturated heterocycles. The van der Waals surface area contributed by atoms with Crippen molar-refractivity contribution in [2.24, 2.45) is 14.1 Å². The molecule has 0 amide bonds. The summed E-state index contributed by atoms with van der Waals surface area (Å²) in [5.74, 6) is 1.13. The highest BCUT2D eigenvalue weighted by molar-refractivity contribution is 7.99. The molecule has 1 fully saturated rings. The van der Waals surface area contributed by atoms with E-state index in [0.717, 1.165) is 16.0 Å². The molecule has 0 aromatic carbocycles. The third kappa shape index (κ3) is 3.80. The molecule has 0 radical (unpaired) electrons. The van der Waals surface area contributed by atoms with Crippen molar-refractivity contribution in [3.8, 4) is 0 Å². The highest BCUT2D eigenvalue weighted by Crippen LogP contribution is 2.28. The first kappa shape index (κ1) is 16.4. The van der Waals surface area contributed by atoms with E-state index in [1.165, 1.54) is 32.7 Å². The maximum absolute atomic E-state index is 11.9. The van der Waals surface area contributed by atoms with Crippen LogP contribution in [0, 0.1) is 0 Å². The first-order valence-electron chi connectivity index (χ1n) is 7.65. The van der Waals surface area contributed by atoms with Crippen LogP contribution in [-0.4, -0.2) is 26.2 Å². The first-order valence-corrected chi connectivity index (χ1v) is 8.70. The zero-order chi connectivity index (χ0) is 15.4. The smallest absolute Gasteiger partial charge is 0.307 e. The third-order valence-corrected chi connectivity index (χ3v) is 5.58. The fourth-order valence-electron chi connectivity index (χ4n) is 2.93. The molecular formula is C15H25N3O2S. The SMILES string of the molecule is CCS[C@H]1CCCC[C@@H]1NCc1cc(=O)n(C)c(=O)n1C. The maximum atomic E-state index is 11.9. The van der Waals surface area contributed by atoms with Gasteiger partial charge in [0.15, 0.2) is 0 Å². The molecule has 0 aliphatic heterocycles. The van der Waals surface area contributed by atoms with Gasteiger partial charge < -0.3 is 5.32 Å². The molecule has 5 nitrogen and oxygen atoms in total. The maximum Gasteiger partial charge on any atom is 0.330 e. The molecule has 1 N–H and O–H groups in total. The number of rotatable bonds is 5. The normalized spacial score (nSPS) is 22.4. The lowest BCUT2D eigenvalue weighted by atomic mass is 9.95. The third-order valence-electron chi connectivity index (χ3n) is 4.25. The molecule has 1 aromatic heterocycles. The van der Waals surface area contributed by atoms with E-state index in [0.29, 0.717) is 17.8 Å². The molecular weight excluding hydrogens is 286 g/mol. The van der Waals surface area contributed by atoms with Crippen molar-refractivity contribution in [2.75, 3.05) is 5.75 Å². The van der Waals surface area contributed by atoms with Crippen molar-refractivity contribution in [3.63, 3.8) is 0 Å². The Morgan fingerprint density at radius 1 is 1.24 bits per heavy atom. The summed E-state index contributed by atoms with van der Waals surface area (Å²) >= 11 is 2.01. The van der Waals surface area contributed by atoms with Crippen LogP contribution in [0.1, 0.15) is 38.3 Å². The number of thioether (sulfide) groups is 1. The van der Waals surface area contributed by atoms with Crippen molar-refractivity contribution < 1.29 is 0 Å². The van der Waals surface area contributed by atoms with E-state index in [9.17, 15) is 9.59 Å². The molecule has 21 heavy (non-hydrogen) atoms. The lowest BCUT2D eigenvalue weighted by Crippen LogP contribution is -2.43. The Morgan fingerprint density at radius 2 is 1.95 bits per heavy atom. The molecule has 6 heteroatoms. The second-order valence-electron chi connectivity index (χ2n) is 5.64. The second-order valence-corrected chi connectivity index (χ2v) is 7.16. The monoisotopic (exact) mass is 311 g/mol. The van der Waals surface area contributed by atoms with Crippen LogP contribution in [-0.2, 0) is 20.6 Å². The van der Waals surface area contributed by atoms with E-state index in [2.05, 4.69) is 12.2 Å². The van der Waals surface area contributed by atoms with Crippen molar-refractivity contribution in [2.45, 2.75) is 50.4 Å². The lowest BCUT2D eigenvalue weighted by Gasteiger charge is -2.32. The average molecular weight is 311 g/mol. The molecule has 1 aliphatic rings. The van der Waals surface area contributed by atoms with E-state index in [4.69, 9.17) is 0 Å². The summed E-state index contributed by atoms with van der Waals surface area (Å²) in [6.45, 7) is 2.77. The van der Waals surface area contributed by atoms with Crippen LogP contribution in [0.2, 0.25) is 0 Å². The van der Waals surface area contributed by atoms with Gasteiger partial charge in [-0.15, -0.1) is 0 Å². The fraction of sp³-hybridized carbons (Fsp3) is 0.733. The van der Waals surface area contributed by atoms with Crippen LogP contribution >= 0.6 is 11.8 Å². The highest BCUT2D eigenvalue weighted by Gasteiger charge is 2.24. The van der Waals surface area contributed by atoms with Gasteiger partial charge in [-0.3, -0.25) is 13.9 Å². The molecule has 1 aliphatic carbocycles. The molecule has 2 atom stereocenters. The Kier molecular flexibility index (Phi) is 5.70. The largest absolute Gasteiger partial charge is 0.330 e. The lowest BCUT2D eigenvalue weighted by molar-refractivity contribution is 0.378. The molecule has 2 rings (SSSR count). The molecule has 118 valence electrons. The van der Waals surface area contributed by atoms with Gasteiger partial charge >= 0.3 is 5.69 Å². The molecule has 1 aromatic rings. The van der Waals surface area contributed by atoms with Gasteiger partial charge in [0.1, 0.15) is 0 Å². The average Bonchev–Trinajstić information content (AvgIpc) is 2.49. The molecule has 0 bridgehead atoms. The highest BCUT2D eigenvalue weighted by atomic mass is 32.2. The Morgan fingerprint density at radius 3 is 2.67 bits per heavy atom. The summed E-state index contributed by atoms with van der Waals surface area (Å²) in [6, 6.07) is 2.03. The Bertz CT molecular complexity index is 592. The Hall–Kier alpha value is -1.01. The summed E-state index contributed by atoms with van der Waals surface area (Å²) in [5, 5.41) is 4.20. The molecule has 0 unspecified atom stereocenters. The molecule has 0 spiro atoms. The van der Waals surface area contributed by atoms with Gasteiger partial charge in [0.2, 0.25) is 0 Å². The number of nitrogens with one attached hydrogen (secondary N) is 1. The van der Waals surface area contributed by atoms with Crippen LogP contribution in [0.25, 0.3) is 0 Å². The summed E-state index contributed by atoms with van der Waals surface area (Å²) in [4.78, 5) is 23.7. The quantitative estimate of drug-likeness (QED) is 0.889. The molecule has 1 saturated carbocycles. The summed E-state index contributed by atoms with van der Waals surface area (Å²) in [5.41, 5.74) is 0.259. The number of nitrogens with zero attached hydrogens (tertiary/aromatic N) is 2. The van der Waals surface area contributed by atoms with Crippen LogP contribution in [0.5, 0.6) is 0 Å². The Balaban J connectivity index is 2.09. The van der Waals surface area contributed by atoms with Gasteiger partial charge in [0, 0.05) is 43.7 Å². The zero-order valence-electron chi connectivity index (χ0n) is 13.1. The van der Waals surface area contributed by atoms with Gasteiger partial charge in [-0.1, -0.05) is 19.8 Å². The standard InChI is InChI=1S/C15H25N3O2S/c1-4-21-13-8-6-5-7-12(13)16-10-11-9-14(19)18(3)15(20)17(11)2/h9,12-13,16H,4-8,10H2,1-3H3/t12-,13-/m0/s1. The van der Waals surface area contributed by atoms with E-state index >= 15 is 0 Å². The summed E-state index contributed by atoms with van der Waals surface area (Å²) in [7, 11) is 3.23. The topological polar surface area (TPSA) is 56.0 Å². The zero-order valence-corrected chi connectivity index (χ0v) is 13.9. The minimum absolute atomic E-state index is 0.238. The van der Waals surface area contributed by atoms with Crippen LogP contribution in [0.3, 0.4) is 0 Å². The summed E-state index contributed by atoms with van der Waals surface area (Å²) < 4.78 is 2.69. The van der Waals surface area contributed by atoms with Crippen LogP contribution < -0.4 is 16.6 Å².